The molecular weight excluding hydrogens is 432 g/mol. The molecule has 32 heavy (non-hydrogen) atoms. The summed E-state index contributed by atoms with van der Waals surface area (Å²) in [7, 11) is -2.48. The van der Waals surface area contributed by atoms with Gasteiger partial charge >= 0.3 is 5.97 Å². The summed E-state index contributed by atoms with van der Waals surface area (Å²) in [5, 5.41) is 1.54. The third-order valence-corrected chi connectivity index (χ3v) is 18.3. The topological polar surface area (TPSA) is 48.1 Å². The van der Waals surface area contributed by atoms with Crippen LogP contribution in [-0.4, -0.2) is 47.3 Å². The third-order valence-electron chi connectivity index (χ3n) is 9.46. The molecule has 4 rings (SSSR count). The quantitative estimate of drug-likeness (QED) is 0.315. The molecule has 0 N–H and O–H groups in total. The zero-order valence-corrected chi connectivity index (χ0v) is 23.3. The molecule has 0 radical (unpaired) electrons. The van der Waals surface area contributed by atoms with Crippen LogP contribution in [0.4, 0.5) is 0 Å². The number of benzene rings is 1. The Hall–Kier alpha value is -0.956. The normalized spacial score (nSPS) is 34.9. The van der Waals surface area contributed by atoms with E-state index in [1.165, 1.54) is 5.19 Å². The Morgan fingerprint density at radius 3 is 2.28 bits per heavy atom. The van der Waals surface area contributed by atoms with Gasteiger partial charge in [-0.25, -0.2) is 0 Å². The summed E-state index contributed by atoms with van der Waals surface area (Å²) in [5.41, 5.74) is -0.740. The standard InChI is InChI=1S/C26H42O4Si2/c1-24(2,3)32(7,8)30-20-18-21(31(5,6)19-14-10-9-11-15-19)25(23(27)28-4)16-12-13-17-26(25)22(20)29-26/h9-11,14-15,20-22H,12-13,16-18H2,1-8H3/t20-,21+,22-,25-,26-/m1/s1. The molecule has 1 aromatic rings. The molecule has 4 nitrogen and oxygen atoms in total. The van der Waals surface area contributed by atoms with E-state index in [-0.39, 0.29) is 28.8 Å². The first-order chi connectivity index (χ1) is 14.8. The number of ether oxygens (including phenoxy) is 2. The molecule has 178 valence electrons. The number of esters is 1. The van der Waals surface area contributed by atoms with Crippen molar-refractivity contribution < 1.29 is 18.7 Å². The summed E-state index contributed by atoms with van der Waals surface area (Å²) < 4.78 is 19.3. The molecule has 3 fully saturated rings. The lowest BCUT2D eigenvalue weighted by atomic mass is 9.58. The molecule has 3 aliphatic rings. The number of hydrogen-bond donors (Lipinski definition) is 0. The van der Waals surface area contributed by atoms with E-state index in [1.807, 2.05) is 0 Å². The molecule has 1 heterocycles. The second-order valence-corrected chi connectivity index (χ2v) is 21.9. The molecule has 1 spiro atoms. The molecule has 0 unspecified atom stereocenters. The number of methoxy groups -OCH3 is 1. The van der Waals surface area contributed by atoms with E-state index >= 15 is 0 Å². The number of carbonyl (C=O) groups excluding carboxylic acids is 1. The summed E-state index contributed by atoms with van der Waals surface area (Å²) >= 11 is 0. The van der Waals surface area contributed by atoms with E-state index in [2.05, 4.69) is 77.3 Å². The fraction of sp³-hybridized carbons (Fsp3) is 0.731. The Bertz CT molecular complexity index is 862. The summed E-state index contributed by atoms with van der Waals surface area (Å²) in [6, 6.07) is 10.9. The monoisotopic (exact) mass is 474 g/mol. The maximum atomic E-state index is 13.7. The SMILES string of the molecule is COC(=O)[C@]12CCCC[C@]13O[C@@H]3[C@H](O[Si](C)(C)C(C)(C)C)C[C@@H]2[Si](C)(C)c1ccccc1. The second-order valence-electron chi connectivity index (χ2n) is 12.4. The van der Waals surface area contributed by atoms with Crippen LogP contribution in [0.1, 0.15) is 52.9 Å². The molecule has 1 saturated heterocycles. The van der Waals surface area contributed by atoms with Gasteiger partial charge in [-0.2, -0.15) is 0 Å². The van der Waals surface area contributed by atoms with Crippen LogP contribution >= 0.6 is 0 Å². The zero-order valence-electron chi connectivity index (χ0n) is 21.3. The summed E-state index contributed by atoms with van der Waals surface area (Å²) in [5.74, 6) is -0.0491. The minimum Gasteiger partial charge on any atom is -0.469 e. The van der Waals surface area contributed by atoms with Gasteiger partial charge in [0.2, 0.25) is 0 Å². The maximum Gasteiger partial charge on any atom is 0.314 e. The van der Waals surface area contributed by atoms with Gasteiger partial charge in [0.15, 0.2) is 8.32 Å². The lowest BCUT2D eigenvalue weighted by Gasteiger charge is -2.55. The van der Waals surface area contributed by atoms with Gasteiger partial charge in [0, 0.05) is 0 Å². The van der Waals surface area contributed by atoms with Crippen molar-refractivity contribution in [1.82, 2.24) is 0 Å². The lowest BCUT2D eigenvalue weighted by molar-refractivity contribution is -0.162. The minimum absolute atomic E-state index is 0.0212. The molecule has 6 heteroatoms. The van der Waals surface area contributed by atoms with Crippen LogP contribution in [-0.2, 0) is 18.7 Å². The van der Waals surface area contributed by atoms with Crippen LogP contribution in [0.5, 0.6) is 0 Å². The molecule has 1 aliphatic heterocycles. The van der Waals surface area contributed by atoms with Crippen molar-refractivity contribution in [2.45, 2.75) is 107 Å². The summed E-state index contributed by atoms with van der Waals surface area (Å²) in [6.45, 7) is 16.4. The number of hydrogen-bond acceptors (Lipinski definition) is 4. The van der Waals surface area contributed by atoms with Gasteiger partial charge in [-0.15, -0.1) is 0 Å². The highest BCUT2D eigenvalue weighted by Gasteiger charge is 2.81. The predicted molar refractivity (Wildman–Crippen MR) is 135 cm³/mol. The predicted octanol–water partition coefficient (Wildman–Crippen LogP) is 5.64. The molecule has 2 saturated carbocycles. The highest BCUT2D eigenvalue weighted by molar-refractivity contribution is 6.91. The van der Waals surface area contributed by atoms with Gasteiger partial charge in [0.1, 0.15) is 17.1 Å². The second kappa shape index (κ2) is 7.79. The fourth-order valence-electron chi connectivity index (χ4n) is 6.63. The van der Waals surface area contributed by atoms with Crippen LogP contribution in [0, 0.1) is 5.41 Å². The van der Waals surface area contributed by atoms with Crippen molar-refractivity contribution in [3.63, 3.8) is 0 Å². The summed E-state index contributed by atoms with van der Waals surface area (Å²) in [4.78, 5) is 13.7. The van der Waals surface area contributed by atoms with Crippen molar-refractivity contribution in [2.75, 3.05) is 7.11 Å². The number of carbonyl (C=O) groups is 1. The molecule has 1 aromatic carbocycles. The molecule has 2 aliphatic carbocycles. The van der Waals surface area contributed by atoms with E-state index in [0.29, 0.717) is 0 Å². The Morgan fingerprint density at radius 2 is 1.69 bits per heavy atom. The largest absolute Gasteiger partial charge is 0.469 e. The highest BCUT2D eigenvalue weighted by atomic mass is 28.4. The van der Waals surface area contributed by atoms with Crippen molar-refractivity contribution in [2.24, 2.45) is 5.41 Å². The van der Waals surface area contributed by atoms with Gasteiger partial charge < -0.3 is 13.9 Å². The number of epoxide rings is 1. The zero-order chi connectivity index (χ0) is 23.6. The first kappa shape index (κ1) is 24.2. The highest BCUT2D eigenvalue weighted by Crippen LogP contribution is 2.71. The van der Waals surface area contributed by atoms with Crippen molar-refractivity contribution in [3.05, 3.63) is 30.3 Å². The molecule has 0 amide bonds. The van der Waals surface area contributed by atoms with E-state index in [1.54, 1.807) is 7.11 Å². The van der Waals surface area contributed by atoms with E-state index in [9.17, 15) is 4.79 Å². The molecule has 0 aromatic heterocycles. The van der Waals surface area contributed by atoms with Crippen molar-refractivity contribution in [3.8, 4) is 0 Å². The summed E-state index contributed by atoms with van der Waals surface area (Å²) in [6.07, 6.45) is 4.97. The average molecular weight is 475 g/mol. The Balaban J connectivity index is 1.81. The first-order valence-corrected chi connectivity index (χ1v) is 18.3. The van der Waals surface area contributed by atoms with Crippen LogP contribution < -0.4 is 5.19 Å². The molecular formula is C26H42O4Si2. The van der Waals surface area contributed by atoms with Crippen LogP contribution in [0.2, 0.25) is 36.8 Å². The van der Waals surface area contributed by atoms with E-state index in [4.69, 9.17) is 13.9 Å². The average Bonchev–Trinajstić information content (AvgIpc) is 3.47. The van der Waals surface area contributed by atoms with Gasteiger partial charge in [0.05, 0.1) is 21.3 Å². The Kier molecular flexibility index (Phi) is 5.88. The maximum absolute atomic E-state index is 13.7. The first-order valence-electron chi connectivity index (χ1n) is 12.3. The third kappa shape index (κ3) is 3.39. The van der Waals surface area contributed by atoms with Crippen LogP contribution in [0.25, 0.3) is 0 Å². The van der Waals surface area contributed by atoms with Crippen molar-refractivity contribution in [1.29, 1.82) is 0 Å². The van der Waals surface area contributed by atoms with Crippen LogP contribution in [0.15, 0.2) is 30.3 Å². The molecule has 5 atom stereocenters. The van der Waals surface area contributed by atoms with Gasteiger partial charge in [-0.3, -0.25) is 4.79 Å². The lowest BCUT2D eigenvalue weighted by Crippen LogP contribution is -2.65. The fourth-order valence-corrected chi connectivity index (χ4v) is 12.0. The number of rotatable bonds is 5. The van der Waals surface area contributed by atoms with Crippen molar-refractivity contribution >= 4 is 27.5 Å². The minimum atomic E-state index is -2.07. The smallest absolute Gasteiger partial charge is 0.314 e. The van der Waals surface area contributed by atoms with E-state index < -0.39 is 27.4 Å². The van der Waals surface area contributed by atoms with Gasteiger partial charge in [-0.1, -0.05) is 82.2 Å². The van der Waals surface area contributed by atoms with E-state index in [0.717, 1.165) is 32.1 Å². The molecule has 0 bridgehead atoms. The van der Waals surface area contributed by atoms with Crippen LogP contribution in [0.3, 0.4) is 0 Å². The van der Waals surface area contributed by atoms with Gasteiger partial charge in [-0.05, 0) is 42.9 Å². The Morgan fingerprint density at radius 1 is 1.06 bits per heavy atom. The van der Waals surface area contributed by atoms with Gasteiger partial charge in [0.25, 0.3) is 0 Å². The Labute approximate surface area is 196 Å².